The Morgan fingerprint density at radius 1 is 1.67 bits per heavy atom. The van der Waals surface area contributed by atoms with Crippen LogP contribution in [0, 0.1) is 0 Å². The van der Waals surface area contributed by atoms with Crippen LogP contribution < -0.4 is 5.73 Å². The van der Waals surface area contributed by atoms with Gasteiger partial charge in [-0.15, -0.1) is 12.4 Å². The van der Waals surface area contributed by atoms with Gasteiger partial charge >= 0.3 is 0 Å². The van der Waals surface area contributed by atoms with Crippen LogP contribution in [0.3, 0.4) is 0 Å². The Kier molecular flexibility index (Phi) is 8.35. The molecule has 0 spiro atoms. The Morgan fingerprint density at radius 3 is 1.83 bits per heavy atom. The quantitative estimate of drug-likeness (QED) is 0.538. The lowest BCUT2D eigenvalue weighted by Gasteiger charge is -1.91. The van der Waals surface area contributed by atoms with Gasteiger partial charge < -0.3 is 5.73 Å². The summed E-state index contributed by atoms with van der Waals surface area (Å²) in [6.07, 6.45) is 1.08. The highest BCUT2D eigenvalue weighted by molar-refractivity contribution is 5.85. The van der Waals surface area contributed by atoms with Crippen molar-refractivity contribution in [3.05, 3.63) is 0 Å². The highest BCUT2D eigenvalue weighted by atomic mass is 35.5. The maximum absolute atomic E-state index is 5.29. The Balaban J connectivity index is 0. The van der Waals surface area contributed by atoms with Crippen LogP contribution in [0.2, 0.25) is 0 Å². The standard InChI is InChI=1S/C4H11N.ClH/c1-3-4(2)5;/h4H,3,5H2,1-2H3;1H/t4-;/m0./s1. The fourth-order valence-electron chi connectivity index (χ4n) is 0. The lowest BCUT2D eigenvalue weighted by atomic mass is 10.3. The first kappa shape index (κ1) is 9.54. The zero-order valence-electron chi connectivity index (χ0n) is 4.27. The van der Waals surface area contributed by atoms with Crippen LogP contribution in [0.4, 0.5) is 0 Å². The molecule has 0 aromatic carbocycles. The van der Waals surface area contributed by atoms with Gasteiger partial charge in [0, 0.05) is 6.04 Å². The van der Waals surface area contributed by atoms with Crippen LogP contribution in [0.5, 0.6) is 0 Å². The van der Waals surface area contributed by atoms with Gasteiger partial charge in [0.25, 0.3) is 0 Å². The lowest BCUT2D eigenvalue weighted by molar-refractivity contribution is 0.715. The molecule has 0 aromatic rings. The van der Waals surface area contributed by atoms with Crippen LogP contribution >= 0.6 is 12.4 Å². The fraction of sp³-hybridized carbons (Fsp3) is 1.00. The summed E-state index contributed by atoms with van der Waals surface area (Å²) in [7, 11) is 0. The number of halogens is 1. The van der Waals surface area contributed by atoms with E-state index in [1.807, 2.05) is 6.92 Å². The van der Waals surface area contributed by atoms with Gasteiger partial charge in [0.1, 0.15) is 0 Å². The van der Waals surface area contributed by atoms with Crippen molar-refractivity contribution >= 4 is 12.4 Å². The van der Waals surface area contributed by atoms with Gasteiger partial charge in [0.05, 0.1) is 0 Å². The first-order chi connectivity index (χ1) is 2.27. The van der Waals surface area contributed by atoms with Crippen molar-refractivity contribution in [1.82, 2.24) is 0 Å². The number of hydrogen-bond donors (Lipinski definition) is 1. The van der Waals surface area contributed by atoms with E-state index in [0.717, 1.165) is 6.42 Å². The molecular weight excluding hydrogens is 97.5 g/mol. The third-order valence-corrected chi connectivity index (χ3v) is 0.644. The first-order valence-corrected chi connectivity index (χ1v) is 2.03. The normalized spacial score (nSPS) is 12.5. The monoisotopic (exact) mass is 109 g/mol. The second-order valence-electron chi connectivity index (χ2n) is 1.39. The molecule has 0 aliphatic heterocycles. The van der Waals surface area contributed by atoms with Crippen molar-refractivity contribution < 1.29 is 0 Å². The van der Waals surface area contributed by atoms with Crippen LogP contribution in [-0.4, -0.2) is 6.04 Å². The summed E-state index contributed by atoms with van der Waals surface area (Å²) >= 11 is 0. The summed E-state index contributed by atoms with van der Waals surface area (Å²) in [5, 5.41) is 0. The molecule has 0 rings (SSSR count). The summed E-state index contributed by atoms with van der Waals surface area (Å²) in [5.41, 5.74) is 5.29. The van der Waals surface area contributed by atoms with Gasteiger partial charge in [-0.05, 0) is 13.3 Å². The molecule has 1 nitrogen and oxygen atoms in total. The second kappa shape index (κ2) is 5.25. The summed E-state index contributed by atoms with van der Waals surface area (Å²) in [6.45, 7) is 4.07. The van der Waals surface area contributed by atoms with Crippen LogP contribution in [0.25, 0.3) is 0 Å². The average Bonchev–Trinajstić information content (AvgIpc) is 1.38. The fourth-order valence-corrected chi connectivity index (χ4v) is 0. The predicted molar refractivity (Wildman–Crippen MR) is 31.2 cm³/mol. The third-order valence-electron chi connectivity index (χ3n) is 0.644. The molecule has 1 atom stereocenters. The molecule has 40 valence electrons. The zero-order chi connectivity index (χ0) is 4.28. The molecule has 0 aliphatic rings. The minimum absolute atomic E-state index is 0. The van der Waals surface area contributed by atoms with E-state index in [1.54, 1.807) is 0 Å². The number of nitrogens with two attached hydrogens (primary N) is 1. The molecular formula is C4H12ClN. The molecule has 0 aromatic heterocycles. The van der Waals surface area contributed by atoms with Crippen molar-refractivity contribution in [3.8, 4) is 0 Å². The van der Waals surface area contributed by atoms with E-state index in [1.165, 1.54) is 0 Å². The number of rotatable bonds is 1. The van der Waals surface area contributed by atoms with Crippen molar-refractivity contribution in [2.75, 3.05) is 0 Å². The molecule has 2 N–H and O–H groups in total. The molecule has 0 saturated carbocycles. The van der Waals surface area contributed by atoms with E-state index in [9.17, 15) is 0 Å². The van der Waals surface area contributed by atoms with Crippen LogP contribution in [-0.2, 0) is 0 Å². The summed E-state index contributed by atoms with van der Waals surface area (Å²) in [6, 6.07) is 0.384. The smallest absolute Gasteiger partial charge is 0.000781 e. The minimum Gasteiger partial charge on any atom is -0.328 e. The molecule has 0 amide bonds. The van der Waals surface area contributed by atoms with Gasteiger partial charge in [0.2, 0.25) is 0 Å². The number of hydrogen-bond acceptors (Lipinski definition) is 1. The predicted octanol–water partition coefficient (Wildman–Crippen LogP) is 1.17. The van der Waals surface area contributed by atoms with Crippen LogP contribution in [0.15, 0.2) is 0 Å². The van der Waals surface area contributed by atoms with Gasteiger partial charge in [0.15, 0.2) is 0 Å². The van der Waals surface area contributed by atoms with E-state index >= 15 is 0 Å². The highest BCUT2D eigenvalue weighted by Crippen LogP contribution is 1.77. The maximum Gasteiger partial charge on any atom is 0.000781 e. The molecule has 0 saturated heterocycles. The zero-order valence-corrected chi connectivity index (χ0v) is 5.09. The first-order valence-electron chi connectivity index (χ1n) is 2.03. The van der Waals surface area contributed by atoms with Crippen molar-refractivity contribution in [2.24, 2.45) is 5.73 Å². The van der Waals surface area contributed by atoms with Gasteiger partial charge in [-0.1, -0.05) is 6.92 Å². The topological polar surface area (TPSA) is 26.0 Å². The Morgan fingerprint density at radius 2 is 1.83 bits per heavy atom. The molecule has 0 unspecified atom stereocenters. The van der Waals surface area contributed by atoms with E-state index in [-0.39, 0.29) is 12.4 Å². The molecule has 0 heterocycles. The highest BCUT2D eigenvalue weighted by Gasteiger charge is 1.79. The largest absolute Gasteiger partial charge is 0.328 e. The maximum atomic E-state index is 5.29. The Bertz CT molecular complexity index is 21.5. The summed E-state index contributed by atoms with van der Waals surface area (Å²) < 4.78 is 0. The van der Waals surface area contributed by atoms with Crippen molar-refractivity contribution in [2.45, 2.75) is 26.3 Å². The summed E-state index contributed by atoms with van der Waals surface area (Å²) in [5.74, 6) is 0. The van der Waals surface area contributed by atoms with Gasteiger partial charge in [-0.3, -0.25) is 0 Å². The van der Waals surface area contributed by atoms with Gasteiger partial charge in [-0.25, -0.2) is 0 Å². The lowest BCUT2D eigenvalue weighted by Crippen LogP contribution is -2.11. The van der Waals surface area contributed by atoms with E-state index in [2.05, 4.69) is 6.92 Å². The van der Waals surface area contributed by atoms with E-state index < -0.39 is 0 Å². The Hall–Kier alpha value is 0.250. The van der Waals surface area contributed by atoms with Gasteiger partial charge in [-0.2, -0.15) is 0 Å². The van der Waals surface area contributed by atoms with E-state index in [4.69, 9.17) is 5.73 Å². The average molecular weight is 110 g/mol. The molecule has 0 bridgehead atoms. The SMILES string of the molecule is CC[C@H](C)N.Cl. The van der Waals surface area contributed by atoms with Crippen LogP contribution in [0.1, 0.15) is 20.3 Å². The second-order valence-corrected chi connectivity index (χ2v) is 1.39. The Labute approximate surface area is 45.3 Å². The molecule has 0 radical (unpaired) electrons. The van der Waals surface area contributed by atoms with E-state index in [0.29, 0.717) is 6.04 Å². The van der Waals surface area contributed by atoms with Crippen molar-refractivity contribution in [1.29, 1.82) is 0 Å². The summed E-state index contributed by atoms with van der Waals surface area (Å²) in [4.78, 5) is 0. The third kappa shape index (κ3) is 8.87. The van der Waals surface area contributed by atoms with Crippen molar-refractivity contribution in [3.63, 3.8) is 0 Å². The molecule has 2 heteroatoms. The molecule has 6 heavy (non-hydrogen) atoms. The molecule has 0 aliphatic carbocycles. The molecule has 0 fully saturated rings. The minimum atomic E-state index is 0.